The number of morpholine rings is 1. The van der Waals surface area contributed by atoms with E-state index in [-0.39, 0.29) is 12.0 Å². The van der Waals surface area contributed by atoms with E-state index in [4.69, 9.17) is 21.6 Å². The predicted molar refractivity (Wildman–Crippen MR) is 65.3 cm³/mol. The van der Waals surface area contributed by atoms with Gasteiger partial charge in [0.05, 0.1) is 24.2 Å². The molecule has 0 aromatic carbocycles. The highest BCUT2D eigenvalue weighted by Gasteiger charge is 2.25. The zero-order valence-electron chi connectivity index (χ0n) is 9.67. The molecule has 0 N–H and O–H groups in total. The fraction of sp³-hybridized carbons (Fsp3) is 0.417. The molecule has 0 saturated carbocycles. The quantitative estimate of drug-likeness (QED) is 0.749. The van der Waals surface area contributed by atoms with E-state index in [9.17, 15) is 4.79 Å². The molecule has 1 saturated heterocycles. The third kappa shape index (κ3) is 2.78. The highest BCUT2D eigenvalue weighted by atomic mass is 35.5. The van der Waals surface area contributed by atoms with Crippen molar-refractivity contribution < 1.29 is 9.53 Å². The van der Waals surface area contributed by atoms with Gasteiger partial charge < -0.3 is 9.64 Å². The molecule has 1 aromatic rings. The van der Waals surface area contributed by atoms with E-state index in [0.29, 0.717) is 36.8 Å². The summed E-state index contributed by atoms with van der Waals surface area (Å²) in [6, 6.07) is 5.11. The van der Waals surface area contributed by atoms with Crippen LogP contribution in [-0.2, 0) is 4.74 Å². The molecule has 0 radical (unpaired) electrons. The SMILES string of the molecule is N#Cc1ccc(C(=O)N2CCOC(CCl)C2)nc1. The van der Waals surface area contributed by atoms with Crippen molar-refractivity contribution >= 4 is 17.5 Å². The standard InChI is InChI=1S/C12H12ClN3O2/c13-5-10-8-16(3-4-18-10)12(17)11-2-1-9(6-14)7-15-11/h1-2,7,10H,3-5,8H2. The highest BCUT2D eigenvalue weighted by Crippen LogP contribution is 2.10. The Balaban J connectivity index is 2.08. The van der Waals surface area contributed by atoms with E-state index in [0.717, 1.165) is 0 Å². The van der Waals surface area contributed by atoms with Crippen LogP contribution in [0.1, 0.15) is 16.1 Å². The molecule has 5 nitrogen and oxygen atoms in total. The maximum absolute atomic E-state index is 12.1. The first kappa shape index (κ1) is 12.8. The third-order valence-electron chi connectivity index (χ3n) is 2.71. The molecule has 1 aliphatic rings. The van der Waals surface area contributed by atoms with E-state index in [1.807, 2.05) is 6.07 Å². The molecule has 1 aliphatic heterocycles. The molecule has 0 spiro atoms. The molecule has 1 aromatic heterocycles. The molecule has 2 rings (SSSR count). The van der Waals surface area contributed by atoms with Gasteiger partial charge in [-0.1, -0.05) is 0 Å². The number of aromatic nitrogens is 1. The average Bonchev–Trinajstić information content (AvgIpc) is 2.46. The number of rotatable bonds is 2. The van der Waals surface area contributed by atoms with Crippen molar-refractivity contribution in [3.05, 3.63) is 29.6 Å². The minimum absolute atomic E-state index is 0.122. The van der Waals surface area contributed by atoms with Gasteiger partial charge in [0, 0.05) is 19.3 Å². The van der Waals surface area contributed by atoms with E-state index < -0.39 is 0 Å². The molecule has 1 fully saturated rings. The van der Waals surface area contributed by atoms with Crippen LogP contribution in [0.4, 0.5) is 0 Å². The molecule has 6 heteroatoms. The molecule has 0 bridgehead atoms. The Kier molecular flexibility index (Phi) is 4.13. The van der Waals surface area contributed by atoms with E-state index in [2.05, 4.69) is 4.98 Å². The average molecular weight is 266 g/mol. The number of nitrogens with zero attached hydrogens (tertiary/aromatic N) is 3. The van der Waals surface area contributed by atoms with Crippen LogP contribution in [0.3, 0.4) is 0 Å². The zero-order valence-corrected chi connectivity index (χ0v) is 10.4. The predicted octanol–water partition coefficient (Wildman–Crippen LogP) is 1.03. The normalized spacial score (nSPS) is 19.3. The van der Waals surface area contributed by atoms with Crippen molar-refractivity contribution in [2.24, 2.45) is 0 Å². The number of nitriles is 1. The molecule has 94 valence electrons. The smallest absolute Gasteiger partial charge is 0.272 e. The Bertz CT molecular complexity index is 469. The molecule has 1 atom stereocenters. The molecule has 18 heavy (non-hydrogen) atoms. The first-order chi connectivity index (χ1) is 8.74. The number of carbonyl (C=O) groups is 1. The number of alkyl halides is 1. The fourth-order valence-corrected chi connectivity index (χ4v) is 1.93. The van der Waals surface area contributed by atoms with Gasteiger partial charge in [0.1, 0.15) is 11.8 Å². The lowest BCUT2D eigenvalue weighted by molar-refractivity contribution is -0.0110. The van der Waals surface area contributed by atoms with Gasteiger partial charge in [0.15, 0.2) is 0 Å². The molecule has 1 amide bonds. The molecular weight excluding hydrogens is 254 g/mol. The number of hydrogen-bond donors (Lipinski definition) is 0. The third-order valence-corrected chi connectivity index (χ3v) is 3.05. The number of carbonyl (C=O) groups excluding carboxylic acids is 1. The van der Waals surface area contributed by atoms with Crippen molar-refractivity contribution in [2.45, 2.75) is 6.10 Å². The monoisotopic (exact) mass is 265 g/mol. The highest BCUT2D eigenvalue weighted by molar-refractivity contribution is 6.18. The lowest BCUT2D eigenvalue weighted by atomic mass is 10.2. The first-order valence-corrected chi connectivity index (χ1v) is 6.11. The molecule has 2 heterocycles. The van der Waals surface area contributed by atoms with Crippen LogP contribution in [0.25, 0.3) is 0 Å². The number of pyridine rings is 1. The Labute approximate surface area is 110 Å². The summed E-state index contributed by atoms with van der Waals surface area (Å²) in [4.78, 5) is 17.8. The Hall–Kier alpha value is -1.64. The van der Waals surface area contributed by atoms with Gasteiger partial charge >= 0.3 is 0 Å². The summed E-state index contributed by atoms with van der Waals surface area (Å²) in [6.45, 7) is 1.50. The number of ether oxygens (including phenoxy) is 1. The summed E-state index contributed by atoms with van der Waals surface area (Å²) in [5, 5.41) is 8.67. The topological polar surface area (TPSA) is 66.2 Å². The van der Waals surface area contributed by atoms with Crippen LogP contribution in [0, 0.1) is 11.3 Å². The van der Waals surface area contributed by atoms with Crippen LogP contribution in [0.2, 0.25) is 0 Å². The van der Waals surface area contributed by atoms with Gasteiger partial charge in [-0.25, -0.2) is 4.98 Å². The summed E-state index contributed by atoms with van der Waals surface area (Å²) in [6.07, 6.45) is 1.27. The van der Waals surface area contributed by atoms with Crippen molar-refractivity contribution in [1.29, 1.82) is 5.26 Å². The fourth-order valence-electron chi connectivity index (χ4n) is 1.75. The van der Waals surface area contributed by atoms with Crippen molar-refractivity contribution in [3.63, 3.8) is 0 Å². The lowest BCUT2D eigenvalue weighted by Gasteiger charge is -2.31. The zero-order chi connectivity index (χ0) is 13.0. The van der Waals surface area contributed by atoms with Crippen molar-refractivity contribution in [1.82, 2.24) is 9.88 Å². The first-order valence-electron chi connectivity index (χ1n) is 5.57. The lowest BCUT2D eigenvalue weighted by Crippen LogP contribution is -2.46. The van der Waals surface area contributed by atoms with Crippen LogP contribution in [-0.4, -0.2) is 47.5 Å². The van der Waals surface area contributed by atoms with Gasteiger partial charge in [-0.2, -0.15) is 5.26 Å². The van der Waals surface area contributed by atoms with E-state index >= 15 is 0 Å². The minimum atomic E-state index is -0.155. The van der Waals surface area contributed by atoms with Crippen molar-refractivity contribution in [2.75, 3.05) is 25.6 Å². The summed E-state index contributed by atoms with van der Waals surface area (Å²) >= 11 is 5.72. The van der Waals surface area contributed by atoms with Crippen molar-refractivity contribution in [3.8, 4) is 6.07 Å². The largest absolute Gasteiger partial charge is 0.373 e. The Morgan fingerprint density at radius 2 is 2.50 bits per heavy atom. The van der Waals surface area contributed by atoms with Crippen LogP contribution in [0.15, 0.2) is 18.3 Å². The second kappa shape index (κ2) is 5.80. The molecule has 1 unspecified atom stereocenters. The number of amides is 1. The summed E-state index contributed by atoms with van der Waals surface area (Å²) in [5.41, 5.74) is 0.774. The minimum Gasteiger partial charge on any atom is -0.373 e. The number of halogens is 1. The maximum atomic E-state index is 12.1. The maximum Gasteiger partial charge on any atom is 0.272 e. The summed E-state index contributed by atoms with van der Waals surface area (Å²) in [5.74, 6) is 0.211. The van der Waals surface area contributed by atoms with E-state index in [1.54, 1.807) is 17.0 Å². The van der Waals surface area contributed by atoms with Gasteiger partial charge in [-0.15, -0.1) is 11.6 Å². The van der Waals surface area contributed by atoms with Gasteiger partial charge in [-0.05, 0) is 12.1 Å². The van der Waals surface area contributed by atoms with Crippen LogP contribution >= 0.6 is 11.6 Å². The van der Waals surface area contributed by atoms with Crippen LogP contribution < -0.4 is 0 Å². The van der Waals surface area contributed by atoms with Crippen LogP contribution in [0.5, 0.6) is 0 Å². The van der Waals surface area contributed by atoms with Gasteiger partial charge in [0.25, 0.3) is 5.91 Å². The molecular formula is C12H12ClN3O2. The Morgan fingerprint density at radius 1 is 1.67 bits per heavy atom. The number of hydrogen-bond acceptors (Lipinski definition) is 4. The summed E-state index contributed by atoms with van der Waals surface area (Å²) in [7, 11) is 0. The molecule has 0 aliphatic carbocycles. The van der Waals surface area contributed by atoms with Gasteiger partial charge in [-0.3, -0.25) is 4.79 Å². The Morgan fingerprint density at radius 3 is 3.11 bits per heavy atom. The second-order valence-corrected chi connectivity index (χ2v) is 4.25. The van der Waals surface area contributed by atoms with E-state index in [1.165, 1.54) is 6.20 Å². The summed E-state index contributed by atoms with van der Waals surface area (Å²) < 4.78 is 5.39. The van der Waals surface area contributed by atoms with Gasteiger partial charge in [0.2, 0.25) is 0 Å². The second-order valence-electron chi connectivity index (χ2n) is 3.94.